The second-order valence-electron chi connectivity index (χ2n) is 5.96. The Morgan fingerprint density at radius 1 is 0.920 bits per heavy atom. The summed E-state index contributed by atoms with van der Waals surface area (Å²) in [6, 6.07) is 7.49. The van der Waals surface area contributed by atoms with Gasteiger partial charge in [-0.1, -0.05) is 17.7 Å². The summed E-state index contributed by atoms with van der Waals surface area (Å²) in [7, 11) is -6.26. The van der Waals surface area contributed by atoms with Crippen molar-refractivity contribution in [1.29, 1.82) is 0 Å². The molecule has 0 atom stereocenters. The van der Waals surface area contributed by atoms with Crippen LogP contribution >= 0.6 is 0 Å². The van der Waals surface area contributed by atoms with Crippen molar-refractivity contribution in [3.05, 3.63) is 47.0 Å². The molecule has 8 heteroatoms. The highest BCUT2D eigenvalue weighted by atomic mass is 32.2. The SMILES string of the molecule is COc1ccc(S(C)(=O)=O)cc1S(=O)(=O)Nc1c(C)cc(C)cc1C. The molecule has 0 unspecified atom stereocenters. The second-order valence-corrected chi connectivity index (χ2v) is 9.63. The van der Waals surface area contributed by atoms with Crippen LogP contribution in [0.15, 0.2) is 40.1 Å². The topological polar surface area (TPSA) is 89.5 Å². The first-order chi connectivity index (χ1) is 11.5. The van der Waals surface area contributed by atoms with Gasteiger partial charge in [-0.3, -0.25) is 4.72 Å². The van der Waals surface area contributed by atoms with Gasteiger partial charge in [0.05, 0.1) is 17.7 Å². The van der Waals surface area contributed by atoms with Crippen LogP contribution in [0.4, 0.5) is 5.69 Å². The van der Waals surface area contributed by atoms with Crippen LogP contribution in [-0.4, -0.2) is 30.2 Å². The van der Waals surface area contributed by atoms with Gasteiger partial charge in [-0.15, -0.1) is 0 Å². The van der Waals surface area contributed by atoms with E-state index in [-0.39, 0.29) is 15.5 Å². The molecule has 6 nitrogen and oxygen atoms in total. The van der Waals surface area contributed by atoms with Gasteiger partial charge in [0.15, 0.2) is 9.84 Å². The summed E-state index contributed by atoms with van der Waals surface area (Å²) in [6.45, 7) is 5.54. The van der Waals surface area contributed by atoms with Gasteiger partial charge < -0.3 is 4.74 Å². The van der Waals surface area contributed by atoms with E-state index >= 15 is 0 Å². The van der Waals surface area contributed by atoms with Crippen LogP contribution in [0, 0.1) is 20.8 Å². The Morgan fingerprint density at radius 3 is 1.96 bits per heavy atom. The van der Waals surface area contributed by atoms with Gasteiger partial charge in [-0.05, 0) is 50.1 Å². The smallest absolute Gasteiger partial charge is 0.265 e. The van der Waals surface area contributed by atoms with Crippen LogP contribution in [0.2, 0.25) is 0 Å². The summed E-state index contributed by atoms with van der Waals surface area (Å²) in [4.78, 5) is -0.316. The lowest BCUT2D eigenvalue weighted by atomic mass is 10.1. The van der Waals surface area contributed by atoms with Crippen LogP contribution in [0.1, 0.15) is 16.7 Å². The quantitative estimate of drug-likeness (QED) is 0.857. The summed E-state index contributed by atoms with van der Waals surface area (Å²) in [5.41, 5.74) is 3.05. The average Bonchev–Trinajstić information content (AvgIpc) is 2.49. The molecule has 0 saturated carbocycles. The van der Waals surface area contributed by atoms with Gasteiger partial charge in [0.25, 0.3) is 10.0 Å². The van der Waals surface area contributed by atoms with E-state index in [0.29, 0.717) is 5.69 Å². The predicted molar refractivity (Wildman–Crippen MR) is 97.6 cm³/mol. The predicted octanol–water partition coefficient (Wildman–Crippen LogP) is 2.82. The van der Waals surface area contributed by atoms with Crippen molar-refractivity contribution < 1.29 is 21.6 Å². The van der Waals surface area contributed by atoms with E-state index in [9.17, 15) is 16.8 Å². The Kier molecular flexibility index (Phi) is 5.15. The highest BCUT2D eigenvalue weighted by Crippen LogP contribution is 2.30. The maximum atomic E-state index is 12.9. The molecular weight excluding hydrogens is 362 g/mol. The third-order valence-electron chi connectivity index (χ3n) is 3.77. The van der Waals surface area contributed by atoms with Crippen molar-refractivity contribution in [3.63, 3.8) is 0 Å². The molecule has 0 bridgehead atoms. The standard InChI is InChI=1S/C17H21NO5S2/c1-11-8-12(2)17(13(3)9-11)18-25(21,22)16-10-14(24(5,19)20)6-7-15(16)23-4/h6-10,18H,1-5H3. The lowest BCUT2D eigenvalue weighted by Crippen LogP contribution is -2.16. The largest absolute Gasteiger partial charge is 0.495 e. The molecule has 0 radical (unpaired) electrons. The Labute approximate surface area is 148 Å². The molecule has 2 aromatic carbocycles. The van der Waals surface area contributed by atoms with Crippen molar-refractivity contribution in [2.24, 2.45) is 0 Å². The van der Waals surface area contributed by atoms with Crippen molar-refractivity contribution in [1.82, 2.24) is 0 Å². The molecule has 136 valence electrons. The average molecular weight is 383 g/mol. The van der Waals surface area contributed by atoms with E-state index in [4.69, 9.17) is 4.74 Å². The fourth-order valence-electron chi connectivity index (χ4n) is 2.63. The molecule has 0 saturated heterocycles. The van der Waals surface area contributed by atoms with Crippen molar-refractivity contribution in [2.75, 3.05) is 18.1 Å². The summed E-state index contributed by atoms with van der Waals surface area (Å²) in [5.74, 6) is 0.0716. The summed E-state index contributed by atoms with van der Waals surface area (Å²) in [5, 5.41) is 0. The lowest BCUT2D eigenvalue weighted by molar-refractivity contribution is 0.402. The van der Waals surface area contributed by atoms with Crippen molar-refractivity contribution >= 4 is 25.5 Å². The van der Waals surface area contributed by atoms with Gasteiger partial charge in [-0.25, -0.2) is 16.8 Å². The third kappa shape index (κ3) is 4.13. The van der Waals surface area contributed by atoms with Gasteiger partial charge in [-0.2, -0.15) is 0 Å². The zero-order valence-corrected chi connectivity index (χ0v) is 16.4. The molecule has 0 amide bonds. The minimum Gasteiger partial charge on any atom is -0.495 e. The second kappa shape index (κ2) is 6.68. The summed E-state index contributed by atoms with van der Waals surface area (Å²) >= 11 is 0. The van der Waals surface area contributed by atoms with E-state index in [1.54, 1.807) is 0 Å². The zero-order chi connectivity index (χ0) is 19.0. The molecule has 0 spiro atoms. The van der Waals surface area contributed by atoms with Gasteiger partial charge in [0.1, 0.15) is 10.6 Å². The fraction of sp³-hybridized carbons (Fsp3) is 0.294. The van der Waals surface area contributed by atoms with Crippen LogP contribution in [0.25, 0.3) is 0 Å². The Morgan fingerprint density at radius 2 is 1.48 bits per heavy atom. The van der Waals surface area contributed by atoms with Gasteiger partial charge in [0.2, 0.25) is 0 Å². The lowest BCUT2D eigenvalue weighted by Gasteiger charge is -2.16. The molecule has 25 heavy (non-hydrogen) atoms. The normalized spacial score (nSPS) is 12.0. The monoisotopic (exact) mass is 383 g/mol. The van der Waals surface area contributed by atoms with Crippen molar-refractivity contribution in [3.8, 4) is 5.75 Å². The van der Waals surface area contributed by atoms with Crippen LogP contribution in [0.5, 0.6) is 5.75 Å². The maximum Gasteiger partial charge on any atom is 0.265 e. The van der Waals surface area contributed by atoms with Crippen molar-refractivity contribution in [2.45, 2.75) is 30.6 Å². The minimum atomic E-state index is -4.04. The molecule has 1 N–H and O–H groups in total. The molecule has 0 fully saturated rings. The first kappa shape index (κ1) is 19.3. The highest BCUT2D eigenvalue weighted by Gasteiger charge is 2.23. The number of nitrogens with one attached hydrogen (secondary N) is 1. The van der Waals surface area contributed by atoms with Gasteiger partial charge in [0, 0.05) is 6.26 Å². The zero-order valence-electron chi connectivity index (χ0n) is 14.7. The number of sulfone groups is 1. The number of benzene rings is 2. The van der Waals surface area contributed by atoms with E-state index in [0.717, 1.165) is 29.0 Å². The van der Waals surface area contributed by atoms with E-state index in [2.05, 4.69) is 4.72 Å². The number of rotatable bonds is 5. The molecule has 0 aliphatic heterocycles. The highest BCUT2D eigenvalue weighted by molar-refractivity contribution is 7.93. The van der Waals surface area contributed by atoms with E-state index < -0.39 is 19.9 Å². The van der Waals surface area contributed by atoms with E-state index in [1.165, 1.54) is 19.2 Å². The molecule has 2 aromatic rings. The van der Waals surface area contributed by atoms with Crippen LogP contribution in [0.3, 0.4) is 0 Å². The number of hydrogen-bond acceptors (Lipinski definition) is 5. The fourth-order valence-corrected chi connectivity index (χ4v) is 4.75. The first-order valence-corrected chi connectivity index (χ1v) is 10.8. The minimum absolute atomic E-state index is 0.0716. The first-order valence-electron chi connectivity index (χ1n) is 7.44. The summed E-state index contributed by atoms with van der Waals surface area (Å²) < 4.78 is 56.9. The number of hydrogen-bond donors (Lipinski definition) is 1. The number of ether oxygens (including phenoxy) is 1. The Hall–Kier alpha value is -2.06. The number of aryl methyl sites for hydroxylation is 3. The third-order valence-corrected chi connectivity index (χ3v) is 6.25. The van der Waals surface area contributed by atoms with E-state index in [1.807, 2.05) is 32.9 Å². The number of sulfonamides is 1. The molecule has 0 aliphatic rings. The molecule has 0 heterocycles. The van der Waals surface area contributed by atoms with Gasteiger partial charge >= 0.3 is 0 Å². The molecule has 2 rings (SSSR count). The Balaban J connectivity index is 2.61. The van der Waals surface area contributed by atoms with Crippen LogP contribution < -0.4 is 9.46 Å². The number of anilines is 1. The molecule has 0 aromatic heterocycles. The molecule has 0 aliphatic carbocycles. The number of methoxy groups -OCH3 is 1. The maximum absolute atomic E-state index is 12.9. The Bertz CT molecular complexity index is 1000. The molecular formula is C17H21NO5S2. The van der Waals surface area contributed by atoms with Crippen LogP contribution in [-0.2, 0) is 19.9 Å². The summed E-state index contributed by atoms with van der Waals surface area (Å²) in [6.07, 6.45) is 1.02.